The molecular formula is C7H15NO5. The minimum absolute atomic E-state index is 0.0603. The number of nitrogens with two attached hydrogens (primary N) is 1. The lowest BCUT2D eigenvalue weighted by molar-refractivity contribution is -0.287. The monoisotopic (exact) mass is 193 g/mol. The maximum Gasteiger partial charge on any atom is 0.186 e. The highest BCUT2D eigenvalue weighted by Crippen LogP contribution is 2.20. The van der Waals surface area contributed by atoms with Crippen LogP contribution in [0.4, 0.5) is 0 Å². The first-order valence-electron chi connectivity index (χ1n) is 4.04. The molecule has 6 nitrogen and oxygen atoms in total. The molecule has 1 aliphatic rings. The number of rotatable bonds is 2. The van der Waals surface area contributed by atoms with Gasteiger partial charge in [0.15, 0.2) is 6.29 Å². The van der Waals surface area contributed by atoms with Gasteiger partial charge in [-0.1, -0.05) is 0 Å². The Morgan fingerprint density at radius 3 is 2.31 bits per heavy atom. The van der Waals surface area contributed by atoms with E-state index in [-0.39, 0.29) is 6.54 Å². The Labute approximate surface area is 75.9 Å². The summed E-state index contributed by atoms with van der Waals surface area (Å²) in [6, 6.07) is 0. The van der Waals surface area contributed by atoms with Crippen LogP contribution in [0.25, 0.3) is 0 Å². The molecule has 1 rings (SSSR count). The minimum atomic E-state index is -1.28. The minimum Gasteiger partial charge on any atom is -0.388 e. The molecule has 13 heavy (non-hydrogen) atoms. The van der Waals surface area contributed by atoms with Gasteiger partial charge in [0, 0.05) is 13.7 Å². The Bertz CT molecular complexity index is 147. The average molecular weight is 193 g/mol. The molecule has 5 atom stereocenters. The second-order valence-electron chi connectivity index (χ2n) is 2.99. The molecule has 2 unspecified atom stereocenters. The first-order valence-corrected chi connectivity index (χ1v) is 4.04. The van der Waals surface area contributed by atoms with Crippen LogP contribution in [0.15, 0.2) is 0 Å². The molecule has 1 aliphatic heterocycles. The lowest BCUT2D eigenvalue weighted by Gasteiger charge is -2.39. The number of ether oxygens (including phenoxy) is 2. The van der Waals surface area contributed by atoms with Crippen LogP contribution in [0.5, 0.6) is 0 Å². The van der Waals surface area contributed by atoms with E-state index >= 15 is 0 Å². The zero-order chi connectivity index (χ0) is 10.0. The van der Waals surface area contributed by atoms with Crippen molar-refractivity contribution in [2.75, 3.05) is 13.7 Å². The van der Waals surface area contributed by atoms with Gasteiger partial charge >= 0.3 is 0 Å². The molecule has 0 aliphatic carbocycles. The molecule has 0 spiro atoms. The van der Waals surface area contributed by atoms with Crippen molar-refractivity contribution in [3.05, 3.63) is 0 Å². The molecule has 0 saturated carbocycles. The summed E-state index contributed by atoms with van der Waals surface area (Å²) in [6.45, 7) is 0.0603. The van der Waals surface area contributed by atoms with Crippen LogP contribution in [0.2, 0.25) is 0 Å². The second kappa shape index (κ2) is 4.32. The van der Waals surface area contributed by atoms with E-state index in [0.717, 1.165) is 0 Å². The normalized spacial score (nSPS) is 46.4. The highest BCUT2D eigenvalue weighted by atomic mass is 16.7. The van der Waals surface area contributed by atoms with Gasteiger partial charge in [0.1, 0.15) is 24.4 Å². The molecule has 0 radical (unpaired) electrons. The fraction of sp³-hybridized carbons (Fsp3) is 1.00. The molecule has 1 fully saturated rings. The zero-order valence-electron chi connectivity index (χ0n) is 7.33. The van der Waals surface area contributed by atoms with E-state index in [1.54, 1.807) is 0 Å². The number of aliphatic hydroxyl groups excluding tert-OH is 3. The fourth-order valence-electron chi connectivity index (χ4n) is 1.31. The molecular weight excluding hydrogens is 178 g/mol. The van der Waals surface area contributed by atoms with Crippen LogP contribution >= 0.6 is 0 Å². The fourth-order valence-corrected chi connectivity index (χ4v) is 1.31. The summed E-state index contributed by atoms with van der Waals surface area (Å²) >= 11 is 0. The van der Waals surface area contributed by atoms with Gasteiger partial charge < -0.3 is 30.5 Å². The summed E-state index contributed by atoms with van der Waals surface area (Å²) < 4.78 is 9.83. The standard InChI is InChI=1S/C7H15NO5/c1-12-7-6(11)5(10)4(9)3(2-8)13-7/h3-7,9-11H,2,8H2,1H3/t3-,4?,5-,6+,7?/m1/s1. The lowest BCUT2D eigenvalue weighted by atomic mass is 9.99. The van der Waals surface area contributed by atoms with E-state index in [4.69, 9.17) is 15.2 Å². The van der Waals surface area contributed by atoms with E-state index < -0.39 is 30.7 Å². The van der Waals surface area contributed by atoms with Gasteiger partial charge in [0.25, 0.3) is 0 Å². The number of hydrogen-bond donors (Lipinski definition) is 4. The molecule has 0 aromatic heterocycles. The first-order chi connectivity index (χ1) is 6.11. The molecule has 78 valence electrons. The van der Waals surface area contributed by atoms with E-state index in [1.165, 1.54) is 7.11 Å². The van der Waals surface area contributed by atoms with Crippen LogP contribution in [0, 0.1) is 0 Å². The predicted molar refractivity (Wildman–Crippen MR) is 42.7 cm³/mol. The van der Waals surface area contributed by atoms with Crippen molar-refractivity contribution in [3.8, 4) is 0 Å². The van der Waals surface area contributed by atoms with Crippen molar-refractivity contribution in [3.63, 3.8) is 0 Å². The predicted octanol–water partition coefficient (Wildman–Crippen LogP) is -2.60. The SMILES string of the molecule is COC1O[C@H](CN)C(O)[C@@H](O)[C@@H]1O. The Hall–Kier alpha value is -0.240. The molecule has 1 saturated heterocycles. The van der Waals surface area contributed by atoms with Crippen molar-refractivity contribution < 1.29 is 24.8 Å². The van der Waals surface area contributed by atoms with Crippen LogP contribution in [-0.2, 0) is 9.47 Å². The van der Waals surface area contributed by atoms with Crippen LogP contribution in [0.3, 0.4) is 0 Å². The van der Waals surface area contributed by atoms with E-state index in [2.05, 4.69) is 0 Å². The third kappa shape index (κ3) is 1.98. The van der Waals surface area contributed by atoms with Gasteiger partial charge in [-0.15, -0.1) is 0 Å². The largest absolute Gasteiger partial charge is 0.388 e. The van der Waals surface area contributed by atoms with Crippen LogP contribution in [-0.4, -0.2) is 59.7 Å². The summed E-state index contributed by atoms with van der Waals surface area (Å²) in [6.07, 6.45) is -5.35. The Morgan fingerprint density at radius 1 is 1.23 bits per heavy atom. The van der Waals surface area contributed by atoms with Gasteiger partial charge in [-0.05, 0) is 0 Å². The molecule has 0 aromatic carbocycles. The highest BCUT2D eigenvalue weighted by Gasteiger charge is 2.43. The Balaban J connectivity index is 2.66. The van der Waals surface area contributed by atoms with Crippen molar-refractivity contribution in [2.24, 2.45) is 5.73 Å². The van der Waals surface area contributed by atoms with E-state index in [0.29, 0.717) is 0 Å². The molecule has 1 heterocycles. The summed E-state index contributed by atoms with van der Waals surface area (Å²) in [5.74, 6) is 0. The van der Waals surface area contributed by atoms with Crippen molar-refractivity contribution >= 4 is 0 Å². The third-order valence-electron chi connectivity index (χ3n) is 2.13. The molecule has 0 aromatic rings. The van der Waals surface area contributed by atoms with E-state index in [1.807, 2.05) is 0 Å². The lowest BCUT2D eigenvalue weighted by Crippen LogP contribution is -2.59. The smallest absolute Gasteiger partial charge is 0.186 e. The summed E-state index contributed by atoms with van der Waals surface area (Å²) in [5.41, 5.74) is 5.28. The van der Waals surface area contributed by atoms with Gasteiger partial charge in [-0.3, -0.25) is 0 Å². The third-order valence-corrected chi connectivity index (χ3v) is 2.13. The zero-order valence-corrected chi connectivity index (χ0v) is 7.33. The topological polar surface area (TPSA) is 105 Å². The maximum atomic E-state index is 9.35. The van der Waals surface area contributed by atoms with Gasteiger partial charge in [-0.2, -0.15) is 0 Å². The molecule has 6 heteroatoms. The summed E-state index contributed by atoms with van der Waals surface area (Å²) in [7, 11) is 1.34. The summed E-state index contributed by atoms with van der Waals surface area (Å²) in [5, 5.41) is 28.0. The molecule has 0 amide bonds. The number of aliphatic hydroxyl groups is 3. The second-order valence-corrected chi connectivity index (χ2v) is 2.99. The van der Waals surface area contributed by atoms with Crippen molar-refractivity contribution in [1.29, 1.82) is 0 Å². The average Bonchev–Trinajstić information content (AvgIpc) is 2.15. The summed E-state index contributed by atoms with van der Waals surface area (Å²) in [4.78, 5) is 0. The van der Waals surface area contributed by atoms with Crippen LogP contribution < -0.4 is 5.73 Å². The van der Waals surface area contributed by atoms with Crippen molar-refractivity contribution in [1.82, 2.24) is 0 Å². The number of methoxy groups -OCH3 is 1. The highest BCUT2D eigenvalue weighted by molar-refractivity contribution is 4.89. The maximum absolute atomic E-state index is 9.35. The molecule has 0 bridgehead atoms. The Kier molecular flexibility index (Phi) is 3.60. The Morgan fingerprint density at radius 2 is 1.85 bits per heavy atom. The first kappa shape index (κ1) is 10.8. The van der Waals surface area contributed by atoms with Gasteiger partial charge in [-0.25, -0.2) is 0 Å². The van der Waals surface area contributed by atoms with Crippen molar-refractivity contribution in [2.45, 2.75) is 30.7 Å². The van der Waals surface area contributed by atoms with Crippen LogP contribution in [0.1, 0.15) is 0 Å². The molecule has 5 N–H and O–H groups in total. The van der Waals surface area contributed by atoms with E-state index in [9.17, 15) is 15.3 Å². The van der Waals surface area contributed by atoms with Gasteiger partial charge in [0.2, 0.25) is 0 Å². The van der Waals surface area contributed by atoms with Gasteiger partial charge in [0.05, 0.1) is 0 Å². The number of hydrogen-bond acceptors (Lipinski definition) is 6. The quantitative estimate of drug-likeness (QED) is 0.383.